The van der Waals surface area contributed by atoms with Crippen molar-refractivity contribution in [1.82, 2.24) is 4.90 Å². The highest BCUT2D eigenvalue weighted by atomic mass is 16.5. The number of hydrogen-bond donors (Lipinski definition) is 1. The zero-order valence-corrected chi connectivity index (χ0v) is 14.2. The molecule has 3 rings (SSSR count). The Labute approximate surface area is 142 Å². The number of aryl methyl sites for hydroxylation is 2. The average molecular weight is 328 g/mol. The van der Waals surface area contributed by atoms with Gasteiger partial charge in [-0.25, -0.2) is 0 Å². The molecule has 0 unspecified atom stereocenters. The minimum absolute atomic E-state index is 0.0602. The Hall–Kier alpha value is -2.27. The number of rotatable bonds is 4. The SMILES string of the molecule is Cc1ccc(OCc2ccc(C(=O)N3CCC[C@@H](N)C3)o2)c(C)c1. The summed E-state index contributed by atoms with van der Waals surface area (Å²) in [6, 6.07) is 9.61. The molecule has 5 heteroatoms. The predicted molar refractivity (Wildman–Crippen MR) is 92.1 cm³/mol. The van der Waals surface area contributed by atoms with Crippen molar-refractivity contribution in [3.8, 4) is 5.75 Å². The highest BCUT2D eigenvalue weighted by Gasteiger charge is 2.24. The van der Waals surface area contributed by atoms with Crippen LogP contribution in [0.15, 0.2) is 34.7 Å². The maximum atomic E-state index is 12.5. The monoisotopic (exact) mass is 328 g/mol. The lowest BCUT2D eigenvalue weighted by Gasteiger charge is -2.30. The number of furan rings is 1. The van der Waals surface area contributed by atoms with Gasteiger partial charge in [-0.3, -0.25) is 4.79 Å². The van der Waals surface area contributed by atoms with Crippen molar-refractivity contribution in [2.24, 2.45) is 5.73 Å². The van der Waals surface area contributed by atoms with Crippen LogP contribution >= 0.6 is 0 Å². The summed E-state index contributed by atoms with van der Waals surface area (Å²) < 4.78 is 11.5. The zero-order chi connectivity index (χ0) is 17.1. The molecule has 1 aliphatic heterocycles. The molecule has 2 aromatic rings. The Morgan fingerprint density at radius 1 is 1.33 bits per heavy atom. The van der Waals surface area contributed by atoms with Crippen molar-refractivity contribution < 1.29 is 13.9 Å². The maximum Gasteiger partial charge on any atom is 0.289 e. The molecule has 0 saturated carbocycles. The van der Waals surface area contributed by atoms with Gasteiger partial charge in [0.25, 0.3) is 5.91 Å². The predicted octanol–water partition coefficient (Wildman–Crippen LogP) is 3.04. The molecule has 1 amide bonds. The first kappa shape index (κ1) is 16.6. The first-order valence-electron chi connectivity index (χ1n) is 8.36. The van der Waals surface area contributed by atoms with E-state index in [0.29, 0.717) is 24.7 Å². The molecule has 1 aromatic heterocycles. The molecule has 2 N–H and O–H groups in total. The van der Waals surface area contributed by atoms with Crippen LogP contribution in [0.25, 0.3) is 0 Å². The van der Waals surface area contributed by atoms with E-state index in [4.69, 9.17) is 14.9 Å². The van der Waals surface area contributed by atoms with E-state index < -0.39 is 0 Å². The summed E-state index contributed by atoms with van der Waals surface area (Å²) in [5.41, 5.74) is 8.22. The minimum Gasteiger partial charge on any atom is -0.485 e. The normalized spacial score (nSPS) is 17.8. The van der Waals surface area contributed by atoms with E-state index in [9.17, 15) is 4.79 Å². The lowest BCUT2D eigenvalue weighted by atomic mass is 10.1. The fraction of sp³-hybridized carbons (Fsp3) is 0.421. The largest absolute Gasteiger partial charge is 0.485 e. The van der Waals surface area contributed by atoms with E-state index in [1.54, 1.807) is 17.0 Å². The van der Waals surface area contributed by atoms with Crippen molar-refractivity contribution in [3.63, 3.8) is 0 Å². The van der Waals surface area contributed by atoms with Gasteiger partial charge in [0.15, 0.2) is 5.76 Å². The summed E-state index contributed by atoms with van der Waals surface area (Å²) in [6.07, 6.45) is 1.91. The molecule has 1 aliphatic rings. The molecular weight excluding hydrogens is 304 g/mol. The summed E-state index contributed by atoms with van der Waals surface area (Å²) in [5.74, 6) is 1.72. The molecule has 1 fully saturated rings. The van der Waals surface area contributed by atoms with Crippen molar-refractivity contribution in [2.45, 2.75) is 39.3 Å². The molecule has 24 heavy (non-hydrogen) atoms. The molecule has 1 atom stereocenters. The number of ether oxygens (including phenoxy) is 1. The Morgan fingerprint density at radius 3 is 2.92 bits per heavy atom. The number of carbonyl (C=O) groups is 1. The van der Waals surface area contributed by atoms with Crippen LogP contribution in [0.3, 0.4) is 0 Å². The second kappa shape index (κ2) is 7.09. The summed E-state index contributed by atoms with van der Waals surface area (Å²) in [4.78, 5) is 14.2. The summed E-state index contributed by atoms with van der Waals surface area (Å²) in [7, 11) is 0. The number of hydrogen-bond acceptors (Lipinski definition) is 4. The van der Waals surface area contributed by atoms with E-state index in [0.717, 1.165) is 30.7 Å². The summed E-state index contributed by atoms with van der Waals surface area (Å²) in [5, 5.41) is 0. The summed E-state index contributed by atoms with van der Waals surface area (Å²) >= 11 is 0. The Bertz CT molecular complexity index is 723. The average Bonchev–Trinajstić information content (AvgIpc) is 3.02. The second-order valence-electron chi connectivity index (χ2n) is 6.48. The Morgan fingerprint density at radius 2 is 2.17 bits per heavy atom. The lowest BCUT2D eigenvalue weighted by Crippen LogP contribution is -2.45. The van der Waals surface area contributed by atoms with Crippen molar-refractivity contribution in [1.29, 1.82) is 0 Å². The molecule has 0 spiro atoms. The molecule has 2 heterocycles. The standard InChI is InChI=1S/C19H24N2O3/c1-13-5-7-17(14(2)10-13)23-12-16-6-8-18(24-16)19(22)21-9-3-4-15(20)11-21/h5-8,10,15H,3-4,9,11-12,20H2,1-2H3/t15-/m1/s1. The third kappa shape index (κ3) is 3.79. The van der Waals surface area contributed by atoms with Crippen LogP contribution in [-0.4, -0.2) is 29.9 Å². The number of likely N-dealkylation sites (tertiary alicyclic amines) is 1. The maximum absolute atomic E-state index is 12.5. The molecule has 0 bridgehead atoms. The smallest absolute Gasteiger partial charge is 0.289 e. The molecular formula is C19H24N2O3. The van der Waals surface area contributed by atoms with E-state index >= 15 is 0 Å². The van der Waals surface area contributed by atoms with Gasteiger partial charge in [-0.1, -0.05) is 17.7 Å². The molecule has 5 nitrogen and oxygen atoms in total. The first-order valence-corrected chi connectivity index (χ1v) is 8.36. The molecule has 0 radical (unpaired) electrons. The third-order valence-electron chi connectivity index (χ3n) is 4.32. The van der Waals surface area contributed by atoms with Gasteiger partial charge >= 0.3 is 0 Å². The van der Waals surface area contributed by atoms with Gasteiger partial charge in [0.1, 0.15) is 18.1 Å². The number of benzene rings is 1. The highest BCUT2D eigenvalue weighted by Crippen LogP contribution is 2.21. The van der Waals surface area contributed by atoms with Gasteiger partial charge in [0.05, 0.1) is 0 Å². The molecule has 128 valence electrons. The van der Waals surface area contributed by atoms with Crippen LogP contribution in [0, 0.1) is 13.8 Å². The van der Waals surface area contributed by atoms with Gasteiger partial charge in [-0.05, 0) is 50.5 Å². The molecule has 1 saturated heterocycles. The van der Waals surface area contributed by atoms with E-state index in [-0.39, 0.29) is 11.9 Å². The van der Waals surface area contributed by atoms with Gasteiger partial charge in [-0.2, -0.15) is 0 Å². The van der Waals surface area contributed by atoms with Crippen LogP contribution in [0.1, 0.15) is 40.3 Å². The highest BCUT2D eigenvalue weighted by molar-refractivity contribution is 5.91. The quantitative estimate of drug-likeness (QED) is 0.936. The van der Waals surface area contributed by atoms with E-state index in [1.807, 2.05) is 26.0 Å². The van der Waals surface area contributed by atoms with Crippen LogP contribution in [0.2, 0.25) is 0 Å². The van der Waals surface area contributed by atoms with E-state index in [2.05, 4.69) is 6.07 Å². The van der Waals surface area contributed by atoms with Crippen molar-refractivity contribution in [2.75, 3.05) is 13.1 Å². The van der Waals surface area contributed by atoms with Gasteiger partial charge in [-0.15, -0.1) is 0 Å². The number of amides is 1. The van der Waals surface area contributed by atoms with Crippen molar-refractivity contribution in [3.05, 3.63) is 53.0 Å². The fourth-order valence-electron chi connectivity index (χ4n) is 3.03. The van der Waals surface area contributed by atoms with Crippen LogP contribution in [0.4, 0.5) is 0 Å². The fourth-order valence-corrected chi connectivity index (χ4v) is 3.03. The van der Waals surface area contributed by atoms with Crippen LogP contribution in [-0.2, 0) is 6.61 Å². The minimum atomic E-state index is -0.0945. The third-order valence-corrected chi connectivity index (χ3v) is 4.32. The van der Waals surface area contributed by atoms with E-state index in [1.165, 1.54) is 5.56 Å². The number of nitrogens with two attached hydrogens (primary N) is 1. The van der Waals surface area contributed by atoms with Crippen LogP contribution in [0.5, 0.6) is 5.75 Å². The topological polar surface area (TPSA) is 68.7 Å². The molecule has 0 aliphatic carbocycles. The second-order valence-corrected chi connectivity index (χ2v) is 6.48. The van der Waals surface area contributed by atoms with Crippen molar-refractivity contribution >= 4 is 5.91 Å². The summed E-state index contributed by atoms with van der Waals surface area (Å²) in [6.45, 7) is 5.69. The first-order chi connectivity index (χ1) is 11.5. The zero-order valence-electron chi connectivity index (χ0n) is 14.2. The van der Waals surface area contributed by atoms with Gasteiger partial charge < -0.3 is 19.8 Å². The number of nitrogens with zero attached hydrogens (tertiary/aromatic N) is 1. The Kier molecular flexibility index (Phi) is 4.90. The lowest BCUT2D eigenvalue weighted by molar-refractivity contribution is 0.0672. The van der Waals surface area contributed by atoms with Gasteiger partial charge in [0.2, 0.25) is 0 Å². The Balaban J connectivity index is 1.62. The van der Waals surface area contributed by atoms with Crippen LogP contribution < -0.4 is 10.5 Å². The van der Waals surface area contributed by atoms with Gasteiger partial charge in [0, 0.05) is 19.1 Å². The number of piperidine rings is 1. The number of carbonyl (C=O) groups excluding carboxylic acids is 1. The molecule has 1 aromatic carbocycles.